The van der Waals surface area contributed by atoms with Crippen LogP contribution in [0.1, 0.15) is 30.4 Å². The van der Waals surface area contributed by atoms with E-state index in [9.17, 15) is 0 Å². The molecule has 1 aromatic heterocycles. The standard InChI is InChI=1S/C15H20ClN3O3/c1-20-12-8-21-5-2-11(12)17-14-10-7-22-15(3-4-15)6-9(10)13(16)18-19-14/h11-12H,2-8H2,1H3,(H,17,19)/t11-,12-/m1/s1. The first-order valence-electron chi connectivity index (χ1n) is 7.76. The van der Waals surface area contributed by atoms with E-state index in [2.05, 4.69) is 15.5 Å². The molecule has 0 unspecified atom stereocenters. The second-order valence-electron chi connectivity index (χ2n) is 6.33. The first-order chi connectivity index (χ1) is 10.7. The Kier molecular flexibility index (Phi) is 3.72. The fraction of sp³-hybridized carbons (Fsp3) is 0.733. The van der Waals surface area contributed by atoms with Crippen LogP contribution in [0, 0.1) is 0 Å². The van der Waals surface area contributed by atoms with Crippen LogP contribution in [0.15, 0.2) is 0 Å². The molecule has 1 N–H and O–H groups in total. The molecule has 2 atom stereocenters. The zero-order valence-corrected chi connectivity index (χ0v) is 13.4. The van der Waals surface area contributed by atoms with Gasteiger partial charge in [0.05, 0.1) is 24.9 Å². The Morgan fingerprint density at radius 1 is 1.32 bits per heavy atom. The Hall–Kier alpha value is -0.950. The molecular weight excluding hydrogens is 306 g/mol. The van der Waals surface area contributed by atoms with Crippen LogP contribution in [0.3, 0.4) is 0 Å². The molecule has 6 nitrogen and oxygen atoms in total. The molecule has 1 saturated carbocycles. The van der Waals surface area contributed by atoms with Gasteiger partial charge in [0.25, 0.3) is 0 Å². The number of methoxy groups -OCH3 is 1. The van der Waals surface area contributed by atoms with E-state index < -0.39 is 0 Å². The van der Waals surface area contributed by atoms with Crippen LogP contribution in [0.5, 0.6) is 0 Å². The summed E-state index contributed by atoms with van der Waals surface area (Å²) in [6.07, 6.45) is 3.95. The van der Waals surface area contributed by atoms with Gasteiger partial charge in [-0.25, -0.2) is 0 Å². The van der Waals surface area contributed by atoms with Gasteiger partial charge in [-0.2, -0.15) is 0 Å². The highest BCUT2D eigenvalue weighted by molar-refractivity contribution is 6.30. The van der Waals surface area contributed by atoms with Crippen molar-refractivity contribution in [3.8, 4) is 0 Å². The third-order valence-electron chi connectivity index (χ3n) is 4.90. The Morgan fingerprint density at radius 3 is 2.95 bits per heavy atom. The topological polar surface area (TPSA) is 65.5 Å². The van der Waals surface area contributed by atoms with Crippen molar-refractivity contribution in [2.24, 2.45) is 0 Å². The highest BCUT2D eigenvalue weighted by atomic mass is 35.5. The van der Waals surface area contributed by atoms with Crippen molar-refractivity contribution in [1.29, 1.82) is 0 Å². The molecule has 1 aromatic rings. The Labute approximate surface area is 134 Å². The molecule has 3 heterocycles. The molecule has 1 aliphatic carbocycles. The number of aromatic nitrogens is 2. The number of nitrogens with zero attached hydrogens (tertiary/aromatic N) is 2. The monoisotopic (exact) mass is 325 g/mol. The molecule has 120 valence electrons. The van der Waals surface area contributed by atoms with Crippen LogP contribution in [0.25, 0.3) is 0 Å². The molecule has 0 aromatic carbocycles. The molecular formula is C15H20ClN3O3. The van der Waals surface area contributed by atoms with E-state index >= 15 is 0 Å². The van der Waals surface area contributed by atoms with E-state index in [0.29, 0.717) is 18.4 Å². The first kappa shape index (κ1) is 14.6. The van der Waals surface area contributed by atoms with Crippen LogP contribution < -0.4 is 5.32 Å². The van der Waals surface area contributed by atoms with Gasteiger partial charge in [0.15, 0.2) is 11.0 Å². The van der Waals surface area contributed by atoms with Gasteiger partial charge in [-0.1, -0.05) is 11.6 Å². The van der Waals surface area contributed by atoms with Gasteiger partial charge in [0.2, 0.25) is 0 Å². The van der Waals surface area contributed by atoms with Crippen molar-refractivity contribution in [3.63, 3.8) is 0 Å². The van der Waals surface area contributed by atoms with Crippen LogP contribution in [0.4, 0.5) is 5.82 Å². The number of hydrogen-bond acceptors (Lipinski definition) is 6. The molecule has 2 fully saturated rings. The summed E-state index contributed by atoms with van der Waals surface area (Å²) < 4.78 is 17.0. The molecule has 4 rings (SSSR count). The number of hydrogen-bond donors (Lipinski definition) is 1. The van der Waals surface area contributed by atoms with Crippen molar-refractivity contribution < 1.29 is 14.2 Å². The summed E-state index contributed by atoms with van der Waals surface area (Å²) >= 11 is 6.27. The second kappa shape index (κ2) is 5.60. The van der Waals surface area contributed by atoms with E-state index in [4.69, 9.17) is 25.8 Å². The Bertz CT molecular complexity index is 579. The average Bonchev–Trinajstić information content (AvgIpc) is 3.30. The Balaban J connectivity index is 1.59. The molecule has 7 heteroatoms. The predicted molar refractivity (Wildman–Crippen MR) is 81.1 cm³/mol. The lowest BCUT2D eigenvalue weighted by Gasteiger charge is -2.33. The average molecular weight is 326 g/mol. The summed E-state index contributed by atoms with van der Waals surface area (Å²) in [4.78, 5) is 0. The summed E-state index contributed by atoms with van der Waals surface area (Å²) in [5, 5.41) is 12.4. The lowest BCUT2D eigenvalue weighted by molar-refractivity contribution is -0.0368. The normalized spacial score (nSPS) is 29.2. The Morgan fingerprint density at radius 2 is 2.18 bits per heavy atom. The minimum Gasteiger partial charge on any atom is -0.379 e. The highest BCUT2D eigenvalue weighted by Gasteiger charge is 2.48. The largest absolute Gasteiger partial charge is 0.379 e. The van der Waals surface area contributed by atoms with Crippen molar-refractivity contribution >= 4 is 17.4 Å². The van der Waals surface area contributed by atoms with Crippen LogP contribution in [0.2, 0.25) is 5.15 Å². The smallest absolute Gasteiger partial charge is 0.155 e. The summed E-state index contributed by atoms with van der Waals surface area (Å²) in [6.45, 7) is 1.87. The quantitative estimate of drug-likeness (QED) is 0.916. The van der Waals surface area contributed by atoms with E-state index in [0.717, 1.165) is 49.2 Å². The minimum atomic E-state index is 0.0150. The van der Waals surface area contributed by atoms with Crippen LogP contribution >= 0.6 is 11.6 Å². The first-order valence-corrected chi connectivity index (χ1v) is 8.13. The maximum absolute atomic E-state index is 6.27. The summed E-state index contributed by atoms with van der Waals surface area (Å²) in [5.41, 5.74) is 2.15. The minimum absolute atomic E-state index is 0.0150. The molecule has 0 amide bonds. The molecule has 22 heavy (non-hydrogen) atoms. The maximum Gasteiger partial charge on any atom is 0.155 e. The van der Waals surface area contributed by atoms with Crippen molar-refractivity contribution in [3.05, 3.63) is 16.3 Å². The maximum atomic E-state index is 6.27. The van der Waals surface area contributed by atoms with Gasteiger partial charge in [-0.15, -0.1) is 10.2 Å². The predicted octanol–water partition coefficient (Wildman–Crippen LogP) is 1.95. The molecule has 1 spiro atoms. The molecule has 1 saturated heterocycles. The zero-order valence-electron chi connectivity index (χ0n) is 12.6. The fourth-order valence-electron chi connectivity index (χ4n) is 3.28. The van der Waals surface area contributed by atoms with Crippen LogP contribution in [-0.2, 0) is 27.2 Å². The highest BCUT2D eigenvalue weighted by Crippen LogP contribution is 2.48. The van der Waals surface area contributed by atoms with E-state index in [1.165, 1.54) is 0 Å². The summed E-state index contributed by atoms with van der Waals surface area (Å²) in [7, 11) is 1.71. The van der Waals surface area contributed by atoms with Crippen molar-refractivity contribution in [2.45, 2.75) is 50.0 Å². The van der Waals surface area contributed by atoms with Crippen molar-refractivity contribution in [2.75, 3.05) is 25.6 Å². The second-order valence-corrected chi connectivity index (χ2v) is 6.69. The number of halogens is 1. The molecule has 0 radical (unpaired) electrons. The van der Waals surface area contributed by atoms with E-state index in [-0.39, 0.29) is 17.7 Å². The lowest BCUT2D eigenvalue weighted by atomic mass is 9.99. The third-order valence-corrected chi connectivity index (χ3v) is 5.20. The fourth-order valence-corrected chi connectivity index (χ4v) is 3.50. The molecule has 3 aliphatic rings. The number of anilines is 1. The lowest BCUT2D eigenvalue weighted by Crippen LogP contribution is -2.43. The van der Waals surface area contributed by atoms with Gasteiger partial charge in [-0.05, 0) is 19.3 Å². The van der Waals surface area contributed by atoms with Gasteiger partial charge >= 0.3 is 0 Å². The van der Waals surface area contributed by atoms with Gasteiger partial charge < -0.3 is 19.5 Å². The number of nitrogens with one attached hydrogen (secondary N) is 1. The van der Waals surface area contributed by atoms with Gasteiger partial charge in [-0.3, -0.25) is 0 Å². The van der Waals surface area contributed by atoms with Gasteiger partial charge in [0.1, 0.15) is 6.10 Å². The van der Waals surface area contributed by atoms with E-state index in [1.54, 1.807) is 7.11 Å². The zero-order chi connectivity index (χ0) is 15.2. The SMILES string of the molecule is CO[C@@H]1COCC[C@H]1Nc1nnc(Cl)c2c1COC1(CC1)C2. The van der Waals surface area contributed by atoms with Crippen molar-refractivity contribution in [1.82, 2.24) is 10.2 Å². The third kappa shape index (κ3) is 2.58. The van der Waals surface area contributed by atoms with Gasteiger partial charge in [0, 0.05) is 31.3 Å². The molecule has 0 bridgehead atoms. The van der Waals surface area contributed by atoms with Crippen LogP contribution in [-0.4, -0.2) is 48.3 Å². The summed E-state index contributed by atoms with van der Waals surface area (Å²) in [6, 6.07) is 0.162. The number of ether oxygens (including phenoxy) is 3. The van der Waals surface area contributed by atoms with E-state index in [1.807, 2.05) is 0 Å². The molecule has 2 aliphatic heterocycles. The number of fused-ring (bicyclic) bond motifs is 1. The summed E-state index contributed by atoms with van der Waals surface area (Å²) in [5.74, 6) is 0.767. The number of rotatable bonds is 3.